The first-order valence-electron chi connectivity index (χ1n) is 5.21. The van der Waals surface area contributed by atoms with E-state index in [1.807, 2.05) is 6.07 Å². The topological polar surface area (TPSA) is 32.3 Å². The van der Waals surface area contributed by atoms with Gasteiger partial charge in [0.1, 0.15) is 0 Å². The van der Waals surface area contributed by atoms with Gasteiger partial charge in [0.25, 0.3) is 0 Å². The van der Waals surface area contributed by atoms with Crippen LogP contribution in [0.1, 0.15) is 24.8 Å². The number of aliphatic hydroxyl groups excluding tert-OH is 1. The molecule has 0 aliphatic carbocycles. The van der Waals surface area contributed by atoms with Crippen LogP contribution in [-0.2, 0) is 0 Å². The van der Waals surface area contributed by atoms with Crippen LogP contribution in [0.4, 0.5) is 0 Å². The molecule has 0 heterocycles. The van der Waals surface area contributed by atoms with Gasteiger partial charge in [-0.3, -0.25) is 0 Å². The fourth-order valence-corrected chi connectivity index (χ4v) is 1.47. The Morgan fingerprint density at radius 3 is 2.57 bits per heavy atom. The molecule has 0 aromatic heterocycles. The summed E-state index contributed by atoms with van der Waals surface area (Å²) in [6, 6.07) is 10.5. The van der Waals surface area contributed by atoms with Crippen molar-refractivity contribution in [3.8, 4) is 0 Å². The van der Waals surface area contributed by atoms with E-state index >= 15 is 0 Å². The third-order valence-corrected chi connectivity index (χ3v) is 2.41. The number of aliphatic hydroxyl groups is 1. The molecule has 1 aromatic carbocycles. The number of benzene rings is 1. The summed E-state index contributed by atoms with van der Waals surface area (Å²) in [5.74, 6) is 0.586. The fraction of sp³-hybridized carbons (Fsp3) is 0.500. The summed E-state index contributed by atoms with van der Waals surface area (Å²) in [5, 5.41) is 11.8. The second kappa shape index (κ2) is 6.57. The highest BCUT2D eigenvalue weighted by Crippen LogP contribution is 2.17. The molecule has 0 aliphatic heterocycles. The predicted molar refractivity (Wildman–Crippen MR) is 59.4 cm³/mol. The highest BCUT2D eigenvalue weighted by Gasteiger charge is 2.03. The van der Waals surface area contributed by atoms with Gasteiger partial charge >= 0.3 is 0 Å². The second-order valence-corrected chi connectivity index (χ2v) is 3.57. The number of nitrogens with one attached hydrogen (secondary N) is 1. The minimum absolute atomic E-state index is 0.222. The average molecular weight is 193 g/mol. The van der Waals surface area contributed by atoms with Gasteiger partial charge in [-0.15, -0.1) is 0 Å². The number of hydrogen-bond donors (Lipinski definition) is 2. The zero-order valence-electron chi connectivity index (χ0n) is 8.74. The normalized spacial score (nSPS) is 12.7. The lowest BCUT2D eigenvalue weighted by molar-refractivity contribution is 0.291. The minimum atomic E-state index is 0.222. The summed E-state index contributed by atoms with van der Waals surface area (Å²) in [7, 11) is 0. The van der Waals surface area contributed by atoms with E-state index in [9.17, 15) is 0 Å². The van der Waals surface area contributed by atoms with E-state index in [0.29, 0.717) is 12.5 Å². The monoisotopic (exact) mass is 193 g/mol. The molecular formula is C12H19NO. The summed E-state index contributed by atoms with van der Waals surface area (Å²) in [6.45, 7) is 4.12. The molecule has 78 valence electrons. The first-order valence-corrected chi connectivity index (χ1v) is 5.21. The second-order valence-electron chi connectivity index (χ2n) is 3.57. The molecule has 2 nitrogen and oxygen atoms in total. The lowest BCUT2D eigenvalue weighted by atomic mass is 9.98. The number of rotatable bonds is 6. The van der Waals surface area contributed by atoms with Crippen molar-refractivity contribution in [2.45, 2.75) is 19.3 Å². The van der Waals surface area contributed by atoms with Crippen LogP contribution in [0.2, 0.25) is 0 Å². The van der Waals surface area contributed by atoms with E-state index in [4.69, 9.17) is 5.11 Å². The first kappa shape index (κ1) is 11.2. The summed E-state index contributed by atoms with van der Waals surface area (Å²) < 4.78 is 0. The van der Waals surface area contributed by atoms with Crippen molar-refractivity contribution in [2.24, 2.45) is 0 Å². The molecule has 1 unspecified atom stereocenters. The maximum absolute atomic E-state index is 8.59. The standard InChI is InChI=1S/C12H19NO/c1-11(7-8-13-9-10-14)12-5-3-2-4-6-12/h2-6,11,13-14H,7-10H2,1H3. The summed E-state index contributed by atoms with van der Waals surface area (Å²) >= 11 is 0. The molecule has 0 aliphatic rings. The Kier molecular flexibility index (Phi) is 5.27. The molecule has 0 fully saturated rings. The lowest BCUT2D eigenvalue weighted by Crippen LogP contribution is -2.20. The molecule has 0 saturated heterocycles. The minimum Gasteiger partial charge on any atom is -0.395 e. The van der Waals surface area contributed by atoms with E-state index in [2.05, 4.69) is 36.5 Å². The molecule has 0 bridgehead atoms. The van der Waals surface area contributed by atoms with E-state index in [-0.39, 0.29) is 6.61 Å². The third kappa shape index (κ3) is 3.90. The van der Waals surface area contributed by atoms with Crippen LogP contribution in [0.25, 0.3) is 0 Å². The van der Waals surface area contributed by atoms with Gasteiger partial charge in [-0.25, -0.2) is 0 Å². The van der Waals surface area contributed by atoms with Crippen molar-refractivity contribution in [2.75, 3.05) is 19.7 Å². The van der Waals surface area contributed by atoms with Crippen molar-refractivity contribution < 1.29 is 5.11 Å². The molecule has 0 radical (unpaired) electrons. The van der Waals surface area contributed by atoms with Gasteiger partial charge in [-0.2, -0.15) is 0 Å². The highest BCUT2D eigenvalue weighted by atomic mass is 16.3. The Morgan fingerprint density at radius 1 is 1.21 bits per heavy atom. The number of hydrogen-bond acceptors (Lipinski definition) is 2. The van der Waals surface area contributed by atoms with Crippen molar-refractivity contribution in [3.63, 3.8) is 0 Å². The molecule has 1 aromatic rings. The van der Waals surface area contributed by atoms with Crippen LogP contribution >= 0.6 is 0 Å². The van der Waals surface area contributed by atoms with Crippen LogP contribution in [0.15, 0.2) is 30.3 Å². The largest absolute Gasteiger partial charge is 0.395 e. The van der Waals surface area contributed by atoms with Crippen LogP contribution < -0.4 is 5.32 Å². The fourth-order valence-electron chi connectivity index (χ4n) is 1.47. The summed E-state index contributed by atoms with van der Waals surface area (Å²) in [4.78, 5) is 0. The van der Waals surface area contributed by atoms with E-state index in [0.717, 1.165) is 13.0 Å². The Bertz CT molecular complexity index is 235. The van der Waals surface area contributed by atoms with Gasteiger partial charge in [0.2, 0.25) is 0 Å². The maximum Gasteiger partial charge on any atom is 0.0555 e. The van der Waals surface area contributed by atoms with Crippen molar-refractivity contribution in [1.29, 1.82) is 0 Å². The van der Waals surface area contributed by atoms with Gasteiger partial charge in [0.15, 0.2) is 0 Å². The lowest BCUT2D eigenvalue weighted by Gasteiger charge is -2.11. The Labute approximate surface area is 86.0 Å². The zero-order valence-corrected chi connectivity index (χ0v) is 8.74. The van der Waals surface area contributed by atoms with E-state index in [1.54, 1.807) is 0 Å². The average Bonchev–Trinajstić information content (AvgIpc) is 2.25. The Hall–Kier alpha value is -0.860. The Morgan fingerprint density at radius 2 is 1.93 bits per heavy atom. The predicted octanol–water partition coefficient (Wildman–Crippen LogP) is 1.76. The first-order chi connectivity index (χ1) is 6.84. The van der Waals surface area contributed by atoms with E-state index in [1.165, 1.54) is 5.56 Å². The van der Waals surface area contributed by atoms with Crippen LogP contribution in [0, 0.1) is 0 Å². The van der Waals surface area contributed by atoms with Gasteiger partial charge in [0, 0.05) is 6.54 Å². The van der Waals surface area contributed by atoms with Crippen LogP contribution in [0.5, 0.6) is 0 Å². The quantitative estimate of drug-likeness (QED) is 0.675. The van der Waals surface area contributed by atoms with E-state index < -0.39 is 0 Å². The molecule has 0 saturated carbocycles. The highest BCUT2D eigenvalue weighted by molar-refractivity contribution is 5.18. The SMILES string of the molecule is CC(CCNCCO)c1ccccc1. The van der Waals surface area contributed by atoms with Crippen LogP contribution in [-0.4, -0.2) is 24.8 Å². The summed E-state index contributed by atoms with van der Waals surface area (Å²) in [5.41, 5.74) is 1.39. The van der Waals surface area contributed by atoms with Crippen molar-refractivity contribution >= 4 is 0 Å². The molecule has 0 spiro atoms. The van der Waals surface area contributed by atoms with Gasteiger partial charge < -0.3 is 10.4 Å². The molecule has 0 amide bonds. The summed E-state index contributed by atoms with van der Waals surface area (Å²) in [6.07, 6.45) is 1.12. The molecule has 2 N–H and O–H groups in total. The molecule has 1 atom stereocenters. The molecular weight excluding hydrogens is 174 g/mol. The zero-order chi connectivity index (χ0) is 10.2. The molecule has 1 rings (SSSR count). The molecule has 2 heteroatoms. The maximum atomic E-state index is 8.59. The van der Waals surface area contributed by atoms with Crippen molar-refractivity contribution in [3.05, 3.63) is 35.9 Å². The van der Waals surface area contributed by atoms with Gasteiger partial charge in [-0.05, 0) is 24.4 Å². The molecule has 14 heavy (non-hydrogen) atoms. The van der Waals surface area contributed by atoms with Crippen molar-refractivity contribution in [1.82, 2.24) is 5.32 Å². The third-order valence-electron chi connectivity index (χ3n) is 2.41. The Balaban J connectivity index is 2.25. The van der Waals surface area contributed by atoms with Crippen LogP contribution in [0.3, 0.4) is 0 Å². The van der Waals surface area contributed by atoms with Gasteiger partial charge in [0.05, 0.1) is 6.61 Å². The van der Waals surface area contributed by atoms with Gasteiger partial charge in [-0.1, -0.05) is 37.3 Å². The smallest absolute Gasteiger partial charge is 0.0555 e.